The number of methoxy groups -OCH3 is 1. The molecule has 0 radical (unpaired) electrons. The summed E-state index contributed by atoms with van der Waals surface area (Å²) in [5.41, 5.74) is 1.44. The van der Waals surface area contributed by atoms with E-state index in [1.54, 1.807) is 24.3 Å². The summed E-state index contributed by atoms with van der Waals surface area (Å²) in [5.74, 6) is 1.62. The van der Waals surface area contributed by atoms with Crippen LogP contribution in [0.4, 0.5) is 0 Å². The minimum Gasteiger partial charge on any atom is -0.493 e. The zero-order valence-electron chi connectivity index (χ0n) is 16.2. The van der Waals surface area contributed by atoms with Crippen molar-refractivity contribution in [1.29, 1.82) is 0 Å². The Labute approximate surface area is 173 Å². The molecular weight excluding hydrogens is 398 g/mol. The number of benzene rings is 2. The van der Waals surface area contributed by atoms with Gasteiger partial charge in [-0.15, -0.1) is 0 Å². The molecule has 7 nitrogen and oxygen atoms in total. The molecule has 0 spiro atoms. The van der Waals surface area contributed by atoms with Gasteiger partial charge in [-0.05, 0) is 49.2 Å². The molecular formula is C21H22ClNO6. The number of fused-ring (bicyclic) bond motifs is 1. The van der Waals surface area contributed by atoms with E-state index in [0.717, 1.165) is 5.56 Å². The van der Waals surface area contributed by atoms with E-state index in [2.05, 4.69) is 5.32 Å². The summed E-state index contributed by atoms with van der Waals surface area (Å²) in [6, 6.07) is 8.49. The van der Waals surface area contributed by atoms with E-state index in [4.69, 9.17) is 30.5 Å². The van der Waals surface area contributed by atoms with Gasteiger partial charge in [-0.25, -0.2) is 0 Å². The summed E-state index contributed by atoms with van der Waals surface area (Å²) in [5, 5.41) is 3.29. The third-order valence-corrected chi connectivity index (χ3v) is 4.60. The normalized spacial score (nSPS) is 12.2. The van der Waals surface area contributed by atoms with E-state index in [0.29, 0.717) is 59.8 Å². The Morgan fingerprint density at radius 2 is 1.93 bits per heavy atom. The zero-order valence-corrected chi connectivity index (χ0v) is 17.0. The number of Topliss-reactive ketones (excluding diaryl/α,β-unsaturated/α-hetero) is 1. The van der Waals surface area contributed by atoms with Gasteiger partial charge in [0.1, 0.15) is 13.2 Å². The Kier molecular flexibility index (Phi) is 6.82. The Balaban J connectivity index is 1.50. The lowest BCUT2D eigenvalue weighted by molar-refractivity contribution is -0.123. The second kappa shape index (κ2) is 9.52. The number of amides is 1. The van der Waals surface area contributed by atoms with Crippen molar-refractivity contribution in [3.05, 3.63) is 46.5 Å². The third-order valence-electron chi connectivity index (χ3n) is 4.32. The number of carbonyl (C=O) groups excluding carboxylic acids is 2. The molecule has 2 aromatic carbocycles. The average molecular weight is 420 g/mol. The van der Waals surface area contributed by atoms with Crippen molar-refractivity contribution in [3.63, 3.8) is 0 Å². The number of rotatable bonds is 8. The maximum atomic E-state index is 12.1. The minimum atomic E-state index is -0.272. The van der Waals surface area contributed by atoms with Gasteiger partial charge in [-0.3, -0.25) is 9.59 Å². The molecule has 1 aliphatic heterocycles. The minimum absolute atomic E-state index is 0.0770. The first kappa shape index (κ1) is 20.8. The van der Waals surface area contributed by atoms with Crippen LogP contribution in [-0.4, -0.2) is 45.2 Å². The number of hydrogen-bond donors (Lipinski definition) is 1. The largest absolute Gasteiger partial charge is 0.493 e. The van der Waals surface area contributed by atoms with Crippen LogP contribution in [0.15, 0.2) is 30.3 Å². The molecule has 1 N–H and O–H groups in total. The van der Waals surface area contributed by atoms with Crippen molar-refractivity contribution in [3.8, 4) is 23.0 Å². The van der Waals surface area contributed by atoms with Gasteiger partial charge in [0.25, 0.3) is 5.91 Å². The van der Waals surface area contributed by atoms with E-state index in [9.17, 15) is 9.59 Å². The molecule has 0 saturated carbocycles. The van der Waals surface area contributed by atoms with Crippen LogP contribution in [0.25, 0.3) is 0 Å². The van der Waals surface area contributed by atoms with Gasteiger partial charge in [0.15, 0.2) is 35.4 Å². The van der Waals surface area contributed by atoms with Crippen molar-refractivity contribution < 1.29 is 28.5 Å². The third kappa shape index (κ3) is 5.32. The van der Waals surface area contributed by atoms with Gasteiger partial charge in [-0.2, -0.15) is 0 Å². The number of carbonyl (C=O) groups is 2. The lowest BCUT2D eigenvalue weighted by Crippen LogP contribution is -2.30. The molecule has 0 atom stereocenters. The fourth-order valence-corrected chi connectivity index (χ4v) is 3.14. The highest BCUT2D eigenvalue weighted by molar-refractivity contribution is 6.32. The highest BCUT2D eigenvalue weighted by atomic mass is 35.5. The zero-order chi connectivity index (χ0) is 20.8. The smallest absolute Gasteiger partial charge is 0.257 e. The highest BCUT2D eigenvalue weighted by Gasteiger charge is 2.16. The molecule has 0 bridgehead atoms. The second-order valence-corrected chi connectivity index (χ2v) is 6.82. The predicted octanol–water partition coefficient (Wildman–Crippen LogP) is 3.06. The van der Waals surface area contributed by atoms with E-state index in [1.807, 2.05) is 6.07 Å². The molecule has 0 unspecified atom stereocenters. The maximum absolute atomic E-state index is 12.1. The first-order valence-corrected chi connectivity index (χ1v) is 9.52. The fraction of sp³-hybridized carbons (Fsp3) is 0.333. The SMILES string of the molecule is COc1cc(C(C)=O)ccc1OCC(=O)NCCc1cc(Cl)c2c(c1)OCCO2. The summed E-state index contributed by atoms with van der Waals surface area (Å²) < 4.78 is 21.8. The predicted molar refractivity (Wildman–Crippen MR) is 108 cm³/mol. The Hall–Kier alpha value is -2.93. The molecule has 8 heteroatoms. The molecule has 3 rings (SSSR count). The van der Waals surface area contributed by atoms with Crippen LogP contribution in [0.3, 0.4) is 0 Å². The molecule has 1 aliphatic rings. The van der Waals surface area contributed by atoms with Crippen LogP contribution in [0.5, 0.6) is 23.0 Å². The van der Waals surface area contributed by atoms with E-state index in [1.165, 1.54) is 14.0 Å². The van der Waals surface area contributed by atoms with Crippen LogP contribution >= 0.6 is 11.6 Å². The van der Waals surface area contributed by atoms with Crippen molar-refractivity contribution in [2.75, 3.05) is 33.5 Å². The van der Waals surface area contributed by atoms with E-state index in [-0.39, 0.29) is 18.3 Å². The summed E-state index contributed by atoms with van der Waals surface area (Å²) in [7, 11) is 1.48. The van der Waals surface area contributed by atoms with Crippen molar-refractivity contribution in [1.82, 2.24) is 5.32 Å². The van der Waals surface area contributed by atoms with Crippen LogP contribution < -0.4 is 24.3 Å². The van der Waals surface area contributed by atoms with Gasteiger partial charge in [0.05, 0.1) is 12.1 Å². The van der Waals surface area contributed by atoms with Crippen LogP contribution in [0.2, 0.25) is 5.02 Å². The number of ether oxygens (including phenoxy) is 4. The van der Waals surface area contributed by atoms with Crippen LogP contribution in [0, 0.1) is 0 Å². The molecule has 0 fully saturated rings. The Morgan fingerprint density at radius 3 is 2.69 bits per heavy atom. The first-order valence-electron chi connectivity index (χ1n) is 9.14. The van der Waals surface area contributed by atoms with Gasteiger partial charge in [0, 0.05) is 12.1 Å². The Morgan fingerprint density at radius 1 is 1.14 bits per heavy atom. The maximum Gasteiger partial charge on any atom is 0.257 e. The van der Waals surface area contributed by atoms with Crippen molar-refractivity contribution in [2.24, 2.45) is 0 Å². The van der Waals surface area contributed by atoms with Crippen LogP contribution in [-0.2, 0) is 11.2 Å². The molecule has 1 amide bonds. The molecule has 0 aromatic heterocycles. The molecule has 1 heterocycles. The number of halogens is 1. The summed E-state index contributed by atoms with van der Waals surface area (Å²) >= 11 is 6.22. The number of ketones is 1. The summed E-state index contributed by atoms with van der Waals surface area (Å²) in [6.45, 7) is 2.68. The fourth-order valence-electron chi connectivity index (χ4n) is 2.85. The van der Waals surface area contributed by atoms with Gasteiger partial charge >= 0.3 is 0 Å². The number of nitrogens with one attached hydrogen (secondary N) is 1. The Bertz CT molecular complexity index is 914. The van der Waals surface area contributed by atoms with E-state index < -0.39 is 0 Å². The molecule has 0 saturated heterocycles. The molecule has 0 aliphatic carbocycles. The highest BCUT2D eigenvalue weighted by Crippen LogP contribution is 2.38. The standard InChI is InChI=1S/C21H22ClNO6/c1-13(24)15-3-4-17(18(11-15)26-2)29-12-20(25)23-6-5-14-9-16(22)21-19(10-14)27-7-8-28-21/h3-4,9-11H,5-8,12H2,1-2H3,(H,23,25). The van der Waals surface area contributed by atoms with Gasteiger partial charge < -0.3 is 24.3 Å². The molecule has 2 aromatic rings. The van der Waals surface area contributed by atoms with Crippen molar-refractivity contribution in [2.45, 2.75) is 13.3 Å². The summed E-state index contributed by atoms with van der Waals surface area (Å²) in [6.07, 6.45) is 0.582. The molecule has 154 valence electrons. The van der Waals surface area contributed by atoms with Gasteiger partial charge in [0.2, 0.25) is 0 Å². The number of hydrogen-bond acceptors (Lipinski definition) is 6. The van der Waals surface area contributed by atoms with Crippen molar-refractivity contribution >= 4 is 23.3 Å². The quantitative estimate of drug-likeness (QED) is 0.662. The first-order chi connectivity index (χ1) is 14.0. The molecule has 29 heavy (non-hydrogen) atoms. The lowest BCUT2D eigenvalue weighted by atomic mass is 10.1. The van der Waals surface area contributed by atoms with E-state index >= 15 is 0 Å². The summed E-state index contributed by atoms with van der Waals surface area (Å²) in [4.78, 5) is 23.5. The topological polar surface area (TPSA) is 83.1 Å². The van der Waals surface area contributed by atoms with Crippen LogP contribution in [0.1, 0.15) is 22.8 Å². The lowest BCUT2D eigenvalue weighted by Gasteiger charge is -2.20. The average Bonchev–Trinajstić information content (AvgIpc) is 2.72. The second-order valence-electron chi connectivity index (χ2n) is 6.41. The van der Waals surface area contributed by atoms with Gasteiger partial charge in [-0.1, -0.05) is 11.6 Å². The monoisotopic (exact) mass is 419 g/mol.